The summed E-state index contributed by atoms with van der Waals surface area (Å²) in [5, 5.41) is 8.69. The molecule has 0 saturated carbocycles. The van der Waals surface area contributed by atoms with Gasteiger partial charge in [-0.2, -0.15) is 5.48 Å². The van der Waals surface area contributed by atoms with Gasteiger partial charge in [-0.1, -0.05) is 12.2 Å². The summed E-state index contributed by atoms with van der Waals surface area (Å²) in [5.41, 5.74) is 2.51. The first-order chi connectivity index (χ1) is 5.29. The molecule has 0 bridgehead atoms. The third-order valence-electron chi connectivity index (χ3n) is 2.18. The number of aliphatic carboxylic acids is 1. The van der Waals surface area contributed by atoms with E-state index in [0.717, 1.165) is 6.42 Å². The molecule has 4 nitrogen and oxygen atoms in total. The maximum absolute atomic E-state index is 10.6. The fraction of sp³-hybridized carbons (Fsp3) is 0.571. The van der Waals surface area contributed by atoms with E-state index in [-0.39, 0.29) is 12.0 Å². The summed E-state index contributed by atoms with van der Waals surface area (Å²) in [6, 6.07) is -0.532. The monoisotopic (exact) mass is 155 g/mol. The Bertz CT molecular complexity index is 214. The highest BCUT2D eigenvalue weighted by molar-refractivity contribution is 5.74. The Hall–Kier alpha value is -0.870. The molecule has 1 saturated heterocycles. The van der Waals surface area contributed by atoms with Gasteiger partial charge in [0.25, 0.3) is 0 Å². The lowest BCUT2D eigenvalue weighted by atomic mass is 9.97. The number of fused-ring (bicyclic) bond motifs is 1. The zero-order valence-electron chi connectivity index (χ0n) is 5.86. The van der Waals surface area contributed by atoms with Crippen molar-refractivity contribution in [1.29, 1.82) is 0 Å². The van der Waals surface area contributed by atoms with Gasteiger partial charge in [-0.15, -0.1) is 0 Å². The van der Waals surface area contributed by atoms with E-state index in [1.54, 1.807) is 0 Å². The van der Waals surface area contributed by atoms with E-state index < -0.39 is 12.0 Å². The Morgan fingerprint density at radius 2 is 2.55 bits per heavy atom. The molecule has 0 aromatic rings. The van der Waals surface area contributed by atoms with Gasteiger partial charge in [-0.3, -0.25) is 9.63 Å². The first kappa shape index (κ1) is 6.82. The molecule has 0 amide bonds. The molecule has 2 aliphatic rings. The number of carboxylic acids is 1. The average Bonchev–Trinajstić information content (AvgIpc) is 2.41. The number of hydrogen-bond acceptors (Lipinski definition) is 3. The van der Waals surface area contributed by atoms with Gasteiger partial charge in [0.05, 0.1) is 0 Å². The molecular formula is C7H9NO3. The smallest absolute Gasteiger partial charge is 0.323 e. The highest BCUT2D eigenvalue weighted by Gasteiger charge is 2.41. The Labute approximate surface area is 63.8 Å². The Morgan fingerprint density at radius 1 is 1.73 bits per heavy atom. The van der Waals surface area contributed by atoms with Crippen molar-refractivity contribution in [2.24, 2.45) is 5.92 Å². The minimum Gasteiger partial charge on any atom is -0.480 e. The molecule has 3 unspecified atom stereocenters. The Balaban J connectivity index is 2.12. The summed E-state index contributed by atoms with van der Waals surface area (Å²) in [6.45, 7) is 0. The van der Waals surface area contributed by atoms with Crippen LogP contribution >= 0.6 is 0 Å². The molecule has 0 spiro atoms. The summed E-state index contributed by atoms with van der Waals surface area (Å²) in [6.07, 6.45) is 4.64. The van der Waals surface area contributed by atoms with Crippen LogP contribution in [0.1, 0.15) is 6.42 Å². The van der Waals surface area contributed by atoms with Crippen LogP contribution in [-0.4, -0.2) is 23.2 Å². The standard InChI is InChI=1S/C7H9NO3/c9-7(10)6-4-2-1-3-5(4)11-8-6/h1,3-6,8H,2H2,(H,9,10). The minimum absolute atomic E-state index is 0.0314. The van der Waals surface area contributed by atoms with Gasteiger partial charge < -0.3 is 5.11 Å². The molecular weight excluding hydrogens is 146 g/mol. The van der Waals surface area contributed by atoms with Crippen LogP contribution in [0.5, 0.6) is 0 Å². The fourth-order valence-corrected chi connectivity index (χ4v) is 1.57. The van der Waals surface area contributed by atoms with Gasteiger partial charge in [-0.25, -0.2) is 0 Å². The van der Waals surface area contributed by atoms with Gasteiger partial charge in [0, 0.05) is 5.92 Å². The quantitative estimate of drug-likeness (QED) is 0.520. The molecule has 11 heavy (non-hydrogen) atoms. The van der Waals surface area contributed by atoms with Crippen LogP contribution in [0.4, 0.5) is 0 Å². The van der Waals surface area contributed by atoms with Crippen molar-refractivity contribution < 1.29 is 14.7 Å². The predicted octanol–water partition coefficient (Wildman–Crippen LogP) is -0.0809. The lowest BCUT2D eigenvalue weighted by Crippen LogP contribution is -2.35. The van der Waals surface area contributed by atoms with E-state index in [0.29, 0.717) is 0 Å². The topological polar surface area (TPSA) is 58.6 Å². The first-order valence-corrected chi connectivity index (χ1v) is 3.59. The van der Waals surface area contributed by atoms with Crippen LogP contribution < -0.4 is 5.48 Å². The number of carboxylic acid groups (broad SMARTS) is 1. The number of carbonyl (C=O) groups is 1. The van der Waals surface area contributed by atoms with Crippen LogP contribution in [0.3, 0.4) is 0 Å². The van der Waals surface area contributed by atoms with Crippen LogP contribution in [0.25, 0.3) is 0 Å². The van der Waals surface area contributed by atoms with E-state index in [1.165, 1.54) is 0 Å². The van der Waals surface area contributed by atoms with Crippen molar-refractivity contribution >= 4 is 5.97 Å². The summed E-state index contributed by atoms with van der Waals surface area (Å²) >= 11 is 0. The second kappa shape index (κ2) is 2.32. The van der Waals surface area contributed by atoms with E-state index in [4.69, 9.17) is 9.94 Å². The van der Waals surface area contributed by atoms with Gasteiger partial charge in [-0.05, 0) is 6.42 Å². The van der Waals surface area contributed by atoms with Crippen molar-refractivity contribution in [2.75, 3.05) is 0 Å². The Kier molecular flexibility index (Phi) is 1.44. The van der Waals surface area contributed by atoms with Gasteiger partial charge in [0.2, 0.25) is 0 Å². The van der Waals surface area contributed by atoms with Gasteiger partial charge >= 0.3 is 5.97 Å². The highest BCUT2D eigenvalue weighted by Crippen LogP contribution is 2.29. The van der Waals surface area contributed by atoms with Crippen LogP contribution in [0.15, 0.2) is 12.2 Å². The second-order valence-corrected chi connectivity index (χ2v) is 2.84. The molecule has 0 aromatic carbocycles. The first-order valence-electron chi connectivity index (χ1n) is 3.59. The molecule has 1 aliphatic carbocycles. The maximum atomic E-state index is 10.6. The molecule has 4 heteroatoms. The lowest BCUT2D eigenvalue weighted by Gasteiger charge is -2.09. The summed E-state index contributed by atoms with van der Waals surface area (Å²) in [4.78, 5) is 15.6. The van der Waals surface area contributed by atoms with Gasteiger partial charge in [0.1, 0.15) is 12.1 Å². The van der Waals surface area contributed by atoms with Crippen LogP contribution in [0.2, 0.25) is 0 Å². The number of hydrogen-bond donors (Lipinski definition) is 2. The highest BCUT2D eigenvalue weighted by atomic mass is 16.7. The molecule has 2 N–H and O–H groups in total. The van der Waals surface area contributed by atoms with Crippen LogP contribution in [0, 0.1) is 5.92 Å². The molecule has 1 aliphatic heterocycles. The van der Waals surface area contributed by atoms with E-state index in [1.807, 2.05) is 12.2 Å². The van der Waals surface area contributed by atoms with Crippen molar-refractivity contribution in [3.8, 4) is 0 Å². The zero-order valence-corrected chi connectivity index (χ0v) is 5.86. The fourth-order valence-electron chi connectivity index (χ4n) is 1.57. The summed E-state index contributed by atoms with van der Waals surface area (Å²) < 4.78 is 0. The number of hydroxylamine groups is 1. The third kappa shape index (κ3) is 0.948. The summed E-state index contributed by atoms with van der Waals surface area (Å²) in [5.74, 6) is -0.742. The molecule has 1 heterocycles. The minimum atomic E-state index is -0.832. The zero-order chi connectivity index (χ0) is 7.84. The number of nitrogens with one attached hydrogen (secondary N) is 1. The predicted molar refractivity (Wildman–Crippen MR) is 36.7 cm³/mol. The van der Waals surface area contributed by atoms with Crippen molar-refractivity contribution in [2.45, 2.75) is 18.6 Å². The second-order valence-electron chi connectivity index (χ2n) is 2.84. The molecule has 0 aromatic heterocycles. The van der Waals surface area contributed by atoms with Gasteiger partial charge in [0.15, 0.2) is 0 Å². The van der Waals surface area contributed by atoms with Crippen molar-refractivity contribution in [3.63, 3.8) is 0 Å². The Morgan fingerprint density at radius 3 is 3.27 bits per heavy atom. The largest absolute Gasteiger partial charge is 0.480 e. The molecule has 60 valence electrons. The SMILES string of the molecule is O=C(O)C1NOC2C=CCC21. The molecule has 0 radical (unpaired) electrons. The number of allylic oxidation sites excluding steroid dienone is 1. The normalized spacial score (nSPS) is 40.9. The average molecular weight is 155 g/mol. The number of rotatable bonds is 1. The van der Waals surface area contributed by atoms with Crippen molar-refractivity contribution in [3.05, 3.63) is 12.2 Å². The molecule has 3 atom stereocenters. The van der Waals surface area contributed by atoms with E-state index in [9.17, 15) is 4.79 Å². The van der Waals surface area contributed by atoms with Crippen LogP contribution in [-0.2, 0) is 9.63 Å². The maximum Gasteiger partial charge on any atom is 0.323 e. The molecule has 2 rings (SSSR count). The molecule has 1 fully saturated rings. The lowest BCUT2D eigenvalue weighted by molar-refractivity contribution is -0.141. The third-order valence-corrected chi connectivity index (χ3v) is 2.18. The van der Waals surface area contributed by atoms with Crippen molar-refractivity contribution in [1.82, 2.24) is 5.48 Å². The summed E-state index contributed by atoms with van der Waals surface area (Å²) in [7, 11) is 0. The van der Waals surface area contributed by atoms with E-state index in [2.05, 4.69) is 5.48 Å². The van der Waals surface area contributed by atoms with E-state index >= 15 is 0 Å².